The smallest absolute Gasteiger partial charge is 0.196 e. The van der Waals surface area contributed by atoms with Gasteiger partial charge in [0.25, 0.3) is 0 Å². The molecule has 76 valence electrons. The van der Waals surface area contributed by atoms with E-state index in [0.29, 0.717) is 22.0 Å². The van der Waals surface area contributed by atoms with Gasteiger partial charge < -0.3 is 4.74 Å². The third-order valence-corrected chi connectivity index (χ3v) is 2.35. The van der Waals surface area contributed by atoms with Gasteiger partial charge in [0.2, 0.25) is 0 Å². The Bertz CT molecular complexity index is 486. The molecule has 0 fully saturated rings. The average Bonchev–Trinajstić information content (AvgIpc) is 2.15. The number of fused-ring (bicyclic) bond motifs is 1. The molecule has 0 saturated heterocycles. The lowest BCUT2D eigenvalue weighted by Crippen LogP contribution is -2.30. The second-order valence-electron chi connectivity index (χ2n) is 3.77. The summed E-state index contributed by atoms with van der Waals surface area (Å²) in [5.74, 6) is 0.666. The molecule has 4 heteroatoms. The van der Waals surface area contributed by atoms with Crippen molar-refractivity contribution in [3.63, 3.8) is 0 Å². The van der Waals surface area contributed by atoms with Crippen LogP contribution in [-0.4, -0.2) is 10.9 Å². The van der Waals surface area contributed by atoms with Gasteiger partial charge in [-0.05, 0) is 32.0 Å². The third-order valence-electron chi connectivity index (χ3n) is 2.06. The molecule has 1 aromatic carbocycles. The molecule has 3 nitrogen and oxygen atoms in total. The number of ether oxygens (including phenoxy) is 1. The molecule has 1 aliphatic heterocycles. The Balaban J connectivity index is 2.57. The molecule has 0 aromatic heterocycles. The highest BCUT2D eigenvalue weighted by Gasteiger charge is 2.27. The number of nitrogens with zero attached hydrogens (tertiary/aromatic N) is 2. The number of nitriles is 1. The van der Waals surface area contributed by atoms with E-state index in [2.05, 4.69) is 4.99 Å². The van der Waals surface area contributed by atoms with Crippen molar-refractivity contribution in [1.82, 2.24) is 0 Å². The number of aliphatic imine (C=N–C) groups is 1. The van der Waals surface area contributed by atoms with Gasteiger partial charge in [-0.25, -0.2) is 4.99 Å². The lowest BCUT2D eigenvalue weighted by atomic mass is 10.1. The molecule has 0 N–H and O–H groups in total. The molecular formula is C11H9ClN2O. The maximum absolute atomic E-state index is 8.75. The van der Waals surface area contributed by atoms with E-state index in [9.17, 15) is 0 Å². The minimum atomic E-state index is -0.641. The Morgan fingerprint density at radius 2 is 2.20 bits per heavy atom. The Hall–Kier alpha value is -1.53. The van der Waals surface area contributed by atoms with E-state index in [0.717, 1.165) is 0 Å². The second-order valence-corrected chi connectivity index (χ2v) is 4.13. The fourth-order valence-corrected chi connectivity index (χ4v) is 1.79. The van der Waals surface area contributed by atoms with Gasteiger partial charge in [0.05, 0.1) is 17.2 Å². The summed E-state index contributed by atoms with van der Waals surface area (Å²) in [5.41, 5.74) is 0.582. The number of rotatable bonds is 0. The van der Waals surface area contributed by atoms with E-state index < -0.39 is 5.72 Å². The molecule has 1 heterocycles. The molecule has 0 amide bonds. The van der Waals surface area contributed by atoms with Crippen LogP contribution in [0.25, 0.3) is 0 Å². The SMILES string of the molecule is CC1(C)N=C(Cl)c2cc(C#N)ccc2O1. The van der Waals surface area contributed by atoms with Crippen LogP contribution < -0.4 is 4.74 Å². The number of benzene rings is 1. The molecule has 0 atom stereocenters. The van der Waals surface area contributed by atoms with Crippen molar-refractivity contribution < 1.29 is 4.74 Å². The number of hydrogen-bond donors (Lipinski definition) is 0. The summed E-state index contributed by atoms with van der Waals surface area (Å²) in [4.78, 5) is 4.18. The van der Waals surface area contributed by atoms with E-state index in [1.165, 1.54) is 0 Å². The minimum Gasteiger partial charge on any atom is -0.466 e. The van der Waals surface area contributed by atoms with E-state index in [-0.39, 0.29) is 0 Å². The molecule has 0 saturated carbocycles. The molecule has 2 rings (SSSR count). The molecule has 1 aromatic rings. The first-order chi connectivity index (χ1) is 7.02. The van der Waals surface area contributed by atoms with Gasteiger partial charge in [-0.2, -0.15) is 5.26 Å². The largest absolute Gasteiger partial charge is 0.466 e. The van der Waals surface area contributed by atoms with Crippen LogP contribution in [-0.2, 0) is 0 Å². The zero-order valence-corrected chi connectivity index (χ0v) is 9.17. The van der Waals surface area contributed by atoms with Crippen LogP contribution in [0.15, 0.2) is 23.2 Å². The lowest BCUT2D eigenvalue weighted by molar-refractivity contribution is 0.116. The zero-order valence-electron chi connectivity index (χ0n) is 8.41. The topological polar surface area (TPSA) is 45.4 Å². The first-order valence-corrected chi connectivity index (χ1v) is 4.88. The fraction of sp³-hybridized carbons (Fsp3) is 0.273. The fourth-order valence-electron chi connectivity index (χ4n) is 1.44. The van der Waals surface area contributed by atoms with Crippen molar-refractivity contribution in [1.29, 1.82) is 5.26 Å². The lowest BCUT2D eigenvalue weighted by Gasteiger charge is -2.28. The number of hydrogen-bond acceptors (Lipinski definition) is 3. The van der Waals surface area contributed by atoms with E-state index in [1.54, 1.807) is 18.2 Å². The van der Waals surface area contributed by atoms with E-state index in [4.69, 9.17) is 21.6 Å². The Kier molecular flexibility index (Phi) is 2.17. The van der Waals surface area contributed by atoms with Crippen molar-refractivity contribution in [2.45, 2.75) is 19.6 Å². The van der Waals surface area contributed by atoms with Crippen molar-refractivity contribution in [2.24, 2.45) is 4.99 Å². The van der Waals surface area contributed by atoms with Crippen LogP contribution in [0.3, 0.4) is 0 Å². The molecule has 1 aliphatic rings. The summed E-state index contributed by atoms with van der Waals surface area (Å²) in [5, 5.41) is 9.14. The van der Waals surface area contributed by atoms with Gasteiger partial charge in [0.1, 0.15) is 10.9 Å². The summed E-state index contributed by atoms with van der Waals surface area (Å²) < 4.78 is 5.61. The second kappa shape index (κ2) is 3.25. The average molecular weight is 221 g/mol. The molecular weight excluding hydrogens is 212 g/mol. The Morgan fingerprint density at radius 1 is 1.47 bits per heavy atom. The molecule has 0 unspecified atom stereocenters. The summed E-state index contributed by atoms with van der Waals surface area (Å²) in [6.45, 7) is 3.66. The Labute approximate surface area is 93.0 Å². The van der Waals surface area contributed by atoms with Gasteiger partial charge in [-0.15, -0.1) is 0 Å². The quantitative estimate of drug-likeness (QED) is 0.675. The van der Waals surface area contributed by atoms with Crippen LogP contribution in [0, 0.1) is 11.3 Å². The highest BCUT2D eigenvalue weighted by molar-refractivity contribution is 6.70. The van der Waals surface area contributed by atoms with Crippen molar-refractivity contribution in [2.75, 3.05) is 0 Å². The first-order valence-electron chi connectivity index (χ1n) is 4.51. The molecule has 0 aliphatic carbocycles. The van der Waals surface area contributed by atoms with Gasteiger partial charge in [-0.1, -0.05) is 11.6 Å². The van der Waals surface area contributed by atoms with E-state index >= 15 is 0 Å². The first kappa shape index (κ1) is 10.0. The zero-order chi connectivity index (χ0) is 11.1. The normalized spacial score (nSPS) is 17.1. The third kappa shape index (κ3) is 1.81. The van der Waals surface area contributed by atoms with E-state index in [1.807, 2.05) is 19.9 Å². The van der Waals surface area contributed by atoms with Crippen molar-refractivity contribution in [3.8, 4) is 11.8 Å². The van der Waals surface area contributed by atoms with Gasteiger partial charge in [-0.3, -0.25) is 0 Å². The molecule has 15 heavy (non-hydrogen) atoms. The van der Waals surface area contributed by atoms with Crippen molar-refractivity contribution >= 4 is 16.8 Å². The summed E-state index contributed by atoms with van der Waals surface area (Å²) >= 11 is 6.02. The highest BCUT2D eigenvalue weighted by Crippen LogP contribution is 2.31. The van der Waals surface area contributed by atoms with Crippen LogP contribution >= 0.6 is 11.6 Å². The molecule has 0 bridgehead atoms. The predicted octanol–water partition coefficient (Wildman–Crippen LogP) is 2.67. The molecule has 0 radical (unpaired) electrons. The van der Waals surface area contributed by atoms with Gasteiger partial charge >= 0.3 is 0 Å². The minimum absolute atomic E-state index is 0.387. The maximum atomic E-state index is 8.75. The standard InChI is InChI=1S/C11H9ClN2O/c1-11(2)14-10(12)8-5-7(6-13)3-4-9(8)15-11/h3-5H,1-2H3. The monoisotopic (exact) mass is 220 g/mol. The summed E-state index contributed by atoms with van der Waals surface area (Å²) in [7, 11) is 0. The van der Waals surface area contributed by atoms with Crippen LogP contribution in [0.5, 0.6) is 5.75 Å². The predicted molar refractivity (Wildman–Crippen MR) is 58.3 cm³/mol. The van der Waals surface area contributed by atoms with Crippen LogP contribution in [0.2, 0.25) is 0 Å². The van der Waals surface area contributed by atoms with Gasteiger partial charge in [0.15, 0.2) is 5.72 Å². The summed E-state index contributed by atoms with van der Waals surface area (Å²) in [6.07, 6.45) is 0. The number of halogens is 1. The summed E-state index contributed by atoms with van der Waals surface area (Å²) in [6, 6.07) is 7.17. The van der Waals surface area contributed by atoms with Crippen LogP contribution in [0.1, 0.15) is 25.0 Å². The Morgan fingerprint density at radius 3 is 2.87 bits per heavy atom. The van der Waals surface area contributed by atoms with Crippen molar-refractivity contribution in [3.05, 3.63) is 29.3 Å². The highest BCUT2D eigenvalue weighted by atomic mass is 35.5. The maximum Gasteiger partial charge on any atom is 0.196 e. The molecule has 0 spiro atoms. The van der Waals surface area contributed by atoms with Crippen LogP contribution in [0.4, 0.5) is 0 Å². The van der Waals surface area contributed by atoms with Gasteiger partial charge in [0, 0.05) is 0 Å².